The van der Waals surface area contributed by atoms with E-state index in [-0.39, 0.29) is 0 Å². The minimum absolute atomic E-state index is 0.414. The summed E-state index contributed by atoms with van der Waals surface area (Å²) in [5.74, 6) is 0.733. The molecule has 1 aliphatic carbocycles. The first-order valence-electron chi connectivity index (χ1n) is 5.03. The van der Waals surface area contributed by atoms with Crippen molar-refractivity contribution >= 4 is 0 Å². The van der Waals surface area contributed by atoms with Crippen molar-refractivity contribution in [2.45, 2.75) is 44.2 Å². The minimum Gasteiger partial charge on any atom is -0.388 e. The Bertz CT molecular complexity index is 316. The molecule has 4 heteroatoms. The second-order valence-corrected chi connectivity index (χ2v) is 4.15. The monoisotopic (exact) mass is 196 g/mol. The van der Waals surface area contributed by atoms with Gasteiger partial charge in [0.25, 0.3) is 0 Å². The van der Waals surface area contributed by atoms with Crippen LogP contribution in [0.1, 0.15) is 43.2 Å². The molecule has 0 amide bonds. The number of aryl methyl sites for hydroxylation is 1. The normalized spacial score (nSPS) is 22.5. The quantitative estimate of drug-likeness (QED) is 0.747. The highest BCUT2D eigenvalue weighted by Gasteiger charge is 2.39. The van der Waals surface area contributed by atoms with Gasteiger partial charge in [0.05, 0.1) is 11.6 Å². The Balaban J connectivity index is 2.18. The Kier molecular flexibility index (Phi) is 2.33. The summed E-state index contributed by atoms with van der Waals surface area (Å²) in [4.78, 5) is 0. The predicted molar refractivity (Wildman–Crippen MR) is 51.6 cm³/mol. The molecule has 0 aromatic carbocycles. The topological polar surface area (TPSA) is 72.3 Å². The summed E-state index contributed by atoms with van der Waals surface area (Å²) in [6.45, 7) is 1.82. The van der Waals surface area contributed by atoms with Crippen molar-refractivity contribution in [2.24, 2.45) is 5.73 Å². The highest BCUT2D eigenvalue weighted by atomic mass is 16.5. The molecule has 14 heavy (non-hydrogen) atoms. The lowest BCUT2D eigenvalue weighted by Gasteiger charge is -2.27. The summed E-state index contributed by atoms with van der Waals surface area (Å²) in [5, 5.41) is 14.1. The number of nitrogens with two attached hydrogens (primary N) is 1. The first-order chi connectivity index (χ1) is 6.62. The number of rotatable bonds is 2. The molecule has 0 spiro atoms. The second-order valence-electron chi connectivity index (χ2n) is 4.15. The van der Waals surface area contributed by atoms with Gasteiger partial charge in [0.1, 0.15) is 11.5 Å². The smallest absolute Gasteiger partial charge is 0.133 e. The van der Waals surface area contributed by atoms with E-state index in [4.69, 9.17) is 10.3 Å². The Labute approximate surface area is 83.1 Å². The minimum atomic E-state index is -0.774. The van der Waals surface area contributed by atoms with Crippen molar-refractivity contribution in [3.05, 3.63) is 17.5 Å². The van der Waals surface area contributed by atoms with Crippen LogP contribution in [0.5, 0.6) is 0 Å². The lowest BCUT2D eigenvalue weighted by molar-refractivity contribution is 0.0181. The predicted octanol–water partition coefficient (Wildman–Crippen LogP) is 1.29. The molecule has 4 nitrogen and oxygen atoms in total. The molecule has 1 heterocycles. The van der Waals surface area contributed by atoms with E-state index < -0.39 is 11.6 Å². The number of aliphatic hydroxyl groups is 1. The molecule has 1 fully saturated rings. The Hall–Kier alpha value is -0.870. The van der Waals surface area contributed by atoms with Gasteiger partial charge in [-0.25, -0.2) is 0 Å². The van der Waals surface area contributed by atoms with E-state index >= 15 is 0 Å². The van der Waals surface area contributed by atoms with Crippen molar-refractivity contribution < 1.29 is 9.63 Å². The third-order valence-electron chi connectivity index (χ3n) is 3.01. The Morgan fingerprint density at radius 3 is 2.71 bits per heavy atom. The SMILES string of the molecule is Cc1cc(C(N)C2(O)CCCC2)no1. The Morgan fingerprint density at radius 1 is 1.57 bits per heavy atom. The molecule has 78 valence electrons. The molecular weight excluding hydrogens is 180 g/mol. The van der Waals surface area contributed by atoms with Crippen LogP contribution >= 0.6 is 0 Å². The lowest BCUT2D eigenvalue weighted by Crippen LogP contribution is -2.38. The molecule has 2 rings (SSSR count). The maximum atomic E-state index is 10.2. The summed E-state index contributed by atoms with van der Waals surface area (Å²) in [7, 11) is 0. The molecule has 1 saturated carbocycles. The van der Waals surface area contributed by atoms with Gasteiger partial charge in [-0.3, -0.25) is 0 Å². The van der Waals surface area contributed by atoms with Crippen molar-refractivity contribution in [1.29, 1.82) is 0 Å². The van der Waals surface area contributed by atoms with Crippen LogP contribution in [-0.2, 0) is 0 Å². The largest absolute Gasteiger partial charge is 0.388 e. The third-order valence-corrected chi connectivity index (χ3v) is 3.01. The fourth-order valence-electron chi connectivity index (χ4n) is 2.11. The van der Waals surface area contributed by atoms with Crippen molar-refractivity contribution in [3.8, 4) is 0 Å². The molecule has 1 aromatic heterocycles. The lowest BCUT2D eigenvalue weighted by atomic mass is 9.91. The van der Waals surface area contributed by atoms with E-state index in [0.29, 0.717) is 5.69 Å². The van der Waals surface area contributed by atoms with E-state index in [1.165, 1.54) is 0 Å². The summed E-state index contributed by atoms with van der Waals surface area (Å²) < 4.78 is 4.95. The van der Waals surface area contributed by atoms with Crippen LogP contribution in [0.4, 0.5) is 0 Å². The molecule has 1 atom stereocenters. The maximum absolute atomic E-state index is 10.2. The van der Waals surface area contributed by atoms with Gasteiger partial charge in [-0.15, -0.1) is 0 Å². The van der Waals surface area contributed by atoms with Gasteiger partial charge >= 0.3 is 0 Å². The van der Waals surface area contributed by atoms with Gasteiger partial charge < -0.3 is 15.4 Å². The molecular formula is C10H16N2O2. The van der Waals surface area contributed by atoms with Gasteiger partial charge in [0.2, 0.25) is 0 Å². The fraction of sp³-hybridized carbons (Fsp3) is 0.700. The van der Waals surface area contributed by atoms with Crippen LogP contribution in [0.15, 0.2) is 10.6 Å². The molecule has 0 radical (unpaired) electrons. The molecule has 0 aliphatic heterocycles. The summed E-state index contributed by atoms with van der Waals surface area (Å²) in [6, 6.07) is 1.38. The highest BCUT2D eigenvalue weighted by molar-refractivity contribution is 5.14. The zero-order chi connectivity index (χ0) is 10.2. The van der Waals surface area contributed by atoms with Crippen LogP contribution in [0.25, 0.3) is 0 Å². The van der Waals surface area contributed by atoms with E-state index in [1.54, 1.807) is 6.07 Å². The van der Waals surface area contributed by atoms with E-state index in [2.05, 4.69) is 5.16 Å². The maximum Gasteiger partial charge on any atom is 0.133 e. The average Bonchev–Trinajstić information content (AvgIpc) is 2.74. The molecule has 1 aliphatic rings. The highest BCUT2D eigenvalue weighted by Crippen LogP contribution is 2.37. The van der Waals surface area contributed by atoms with Gasteiger partial charge in [-0.1, -0.05) is 18.0 Å². The molecule has 0 bridgehead atoms. The van der Waals surface area contributed by atoms with Crippen molar-refractivity contribution in [3.63, 3.8) is 0 Å². The summed E-state index contributed by atoms with van der Waals surface area (Å²) in [5.41, 5.74) is 5.86. The number of hydrogen-bond donors (Lipinski definition) is 2. The molecule has 3 N–H and O–H groups in total. The summed E-state index contributed by atoms with van der Waals surface area (Å²) in [6.07, 6.45) is 3.61. The number of aromatic nitrogens is 1. The van der Waals surface area contributed by atoms with Crippen LogP contribution in [0, 0.1) is 6.92 Å². The molecule has 1 aromatic rings. The standard InChI is InChI=1S/C10H16N2O2/c1-7-6-8(12-14-7)9(11)10(13)4-2-3-5-10/h6,9,13H,2-5,11H2,1H3. The van der Waals surface area contributed by atoms with Crippen molar-refractivity contribution in [2.75, 3.05) is 0 Å². The first kappa shape index (κ1) is 9.68. The van der Waals surface area contributed by atoms with Crippen LogP contribution in [0.3, 0.4) is 0 Å². The van der Waals surface area contributed by atoms with Crippen molar-refractivity contribution in [1.82, 2.24) is 5.16 Å². The van der Waals surface area contributed by atoms with Crippen LogP contribution < -0.4 is 5.73 Å². The van der Waals surface area contributed by atoms with Gasteiger partial charge in [0.15, 0.2) is 0 Å². The van der Waals surface area contributed by atoms with Gasteiger partial charge in [-0.05, 0) is 19.8 Å². The average molecular weight is 196 g/mol. The van der Waals surface area contributed by atoms with Crippen LogP contribution in [-0.4, -0.2) is 15.9 Å². The second kappa shape index (κ2) is 3.37. The third kappa shape index (κ3) is 1.55. The van der Waals surface area contributed by atoms with E-state index in [0.717, 1.165) is 31.4 Å². The van der Waals surface area contributed by atoms with E-state index in [9.17, 15) is 5.11 Å². The Morgan fingerprint density at radius 2 is 2.21 bits per heavy atom. The number of nitrogens with zero attached hydrogens (tertiary/aromatic N) is 1. The van der Waals surface area contributed by atoms with E-state index in [1.807, 2.05) is 6.92 Å². The fourth-order valence-corrected chi connectivity index (χ4v) is 2.11. The summed E-state index contributed by atoms with van der Waals surface area (Å²) >= 11 is 0. The first-order valence-corrected chi connectivity index (χ1v) is 5.03. The zero-order valence-electron chi connectivity index (χ0n) is 8.36. The number of hydrogen-bond acceptors (Lipinski definition) is 4. The molecule has 1 unspecified atom stereocenters. The van der Waals surface area contributed by atoms with Crippen LogP contribution in [0.2, 0.25) is 0 Å². The molecule has 0 saturated heterocycles. The zero-order valence-corrected chi connectivity index (χ0v) is 8.36. The van der Waals surface area contributed by atoms with Gasteiger partial charge in [-0.2, -0.15) is 0 Å². The van der Waals surface area contributed by atoms with Gasteiger partial charge in [0, 0.05) is 6.07 Å².